The molecule has 0 aliphatic heterocycles. The summed E-state index contributed by atoms with van der Waals surface area (Å²) in [5.41, 5.74) is 6.17. The molecule has 2 aromatic carbocycles. The first-order valence-electron chi connectivity index (χ1n) is 6.01. The molecule has 0 aliphatic carbocycles. The molecule has 0 saturated carbocycles. The molecule has 0 radical (unpaired) electrons. The summed E-state index contributed by atoms with van der Waals surface area (Å²) in [7, 11) is 0. The van der Waals surface area contributed by atoms with E-state index in [9.17, 15) is 17.6 Å². The lowest BCUT2D eigenvalue weighted by Gasteiger charge is -2.12. The molecule has 2 rings (SSSR count). The zero-order chi connectivity index (χ0) is 14.9. The number of hydrogen-bond acceptors (Lipinski definition) is 1. The first kappa shape index (κ1) is 14.5. The van der Waals surface area contributed by atoms with Crippen LogP contribution in [0.1, 0.15) is 24.1 Å². The summed E-state index contributed by atoms with van der Waals surface area (Å²) in [6.45, 7) is 1.78. The summed E-state index contributed by atoms with van der Waals surface area (Å²) in [5.74, 6) is -1.27. The molecule has 20 heavy (non-hydrogen) atoms. The Bertz CT molecular complexity index is 618. The Hall–Kier alpha value is -1.88. The molecule has 0 aliphatic rings. The molecule has 1 unspecified atom stereocenters. The van der Waals surface area contributed by atoms with Crippen LogP contribution >= 0.6 is 0 Å². The van der Waals surface area contributed by atoms with Crippen LogP contribution < -0.4 is 5.73 Å². The Balaban J connectivity index is 2.51. The van der Waals surface area contributed by atoms with Gasteiger partial charge >= 0.3 is 6.18 Å². The minimum absolute atomic E-state index is 0.225. The predicted octanol–water partition coefficient (Wildman–Crippen LogP) is 4.53. The number of benzene rings is 2. The number of alkyl halides is 3. The monoisotopic (exact) mass is 283 g/mol. The first-order chi connectivity index (χ1) is 9.29. The Labute approximate surface area is 114 Å². The smallest absolute Gasteiger partial charge is 0.324 e. The highest BCUT2D eigenvalue weighted by molar-refractivity contribution is 5.65. The van der Waals surface area contributed by atoms with E-state index >= 15 is 0 Å². The van der Waals surface area contributed by atoms with Gasteiger partial charge < -0.3 is 5.73 Å². The van der Waals surface area contributed by atoms with Gasteiger partial charge in [0.25, 0.3) is 0 Å². The van der Waals surface area contributed by atoms with Crippen molar-refractivity contribution in [2.75, 3.05) is 0 Å². The van der Waals surface area contributed by atoms with Gasteiger partial charge in [-0.15, -0.1) is 0 Å². The average Bonchev–Trinajstić information content (AvgIpc) is 2.38. The van der Waals surface area contributed by atoms with Crippen LogP contribution in [0.4, 0.5) is 17.6 Å². The van der Waals surface area contributed by atoms with Crippen LogP contribution in [0.5, 0.6) is 0 Å². The Morgan fingerprint density at radius 2 is 1.65 bits per heavy atom. The Morgan fingerprint density at radius 3 is 2.25 bits per heavy atom. The fraction of sp³-hybridized carbons (Fsp3) is 0.200. The molecule has 0 spiro atoms. The van der Waals surface area contributed by atoms with Gasteiger partial charge in [0.15, 0.2) is 0 Å². The predicted molar refractivity (Wildman–Crippen MR) is 69.4 cm³/mol. The largest absolute Gasteiger partial charge is 0.419 e. The molecule has 5 heteroatoms. The van der Waals surface area contributed by atoms with E-state index in [1.54, 1.807) is 31.2 Å². The third-order valence-electron chi connectivity index (χ3n) is 3.02. The van der Waals surface area contributed by atoms with Crippen molar-refractivity contribution in [1.82, 2.24) is 0 Å². The zero-order valence-electron chi connectivity index (χ0n) is 10.7. The van der Waals surface area contributed by atoms with Gasteiger partial charge in [-0.3, -0.25) is 0 Å². The quantitative estimate of drug-likeness (QED) is 0.805. The number of nitrogens with two attached hydrogens (primary N) is 1. The van der Waals surface area contributed by atoms with E-state index < -0.39 is 17.6 Å². The van der Waals surface area contributed by atoms with Crippen molar-refractivity contribution in [3.05, 3.63) is 59.4 Å². The van der Waals surface area contributed by atoms with Crippen LogP contribution in [0.3, 0.4) is 0 Å². The fourth-order valence-corrected chi connectivity index (χ4v) is 1.92. The van der Waals surface area contributed by atoms with E-state index in [0.29, 0.717) is 11.1 Å². The van der Waals surface area contributed by atoms with Gasteiger partial charge in [0.1, 0.15) is 5.82 Å². The molecule has 2 aromatic rings. The summed E-state index contributed by atoms with van der Waals surface area (Å²) in [6.07, 6.45) is -4.71. The maximum absolute atomic E-state index is 13.2. The summed E-state index contributed by atoms with van der Waals surface area (Å²) >= 11 is 0. The average molecular weight is 283 g/mol. The van der Waals surface area contributed by atoms with Crippen molar-refractivity contribution in [3.63, 3.8) is 0 Å². The van der Waals surface area contributed by atoms with Crippen molar-refractivity contribution < 1.29 is 17.6 Å². The summed E-state index contributed by atoms with van der Waals surface area (Å²) in [4.78, 5) is 0. The molecular formula is C15H13F4N. The van der Waals surface area contributed by atoms with Crippen LogP contribution in [0.25, 0.3) is 11.1 Å². The lowest BCUT2D eigenvalue weighted by atomic mass is 9.99. The van der Waals surface area contributed by atoms with Crippen LogP contribution in [0.2, 0.25) is 0 Å². The third kappa shape index (κ3) is 2.99. The lowest BCUT2D eigenvalue weighted by molar-refractivity contribution is -0.139. The molecule has 1 atom stereocenters. The van der Waals surface area contributed by atoms with E-state index in [0.717, 1.165) is 17.7 Å². The number of rotatable bonds is 2. The number of halogens is 4. The highest BCUT2D eigenvalue weighted by atomic mass is 19.4. The Morgan fingerprint density at radius 1 is 1.00 bits per heavy atom. The van der Waals surface area contributed by atoms with Gasteiger partial charge in [-0.05, 0) is 41.8 Å². The van der Waals surface area contributed by atoms with E-state index in [1.165, 1.54) is 6.07 Å². The first-order valence-corrected chi connectivity index (χ1v) is 6.01. The highest BCUT2D eigenvalue weighted by Gasteiger charge is 2.34. The zero-order valence-corrected chi connectivity index (χ0v) is 10.7. The summed E-state index contributed by atoms with van der Waals surface area (Å²) < 4.78 is 51.3. The van der Waals surface area contributed by atoms with Crippen LogP contribution in [0.15, 0.2) is 42.5 Å². The molecule has 0 bridgehead atoms. The van der Waals surface area contributed by atoms with Gasteiger partial charge in [0.2, 0.25) is 0 Å². The van der Waals surface area contributed by atoms with Gasteiger partial charge in [-0.25, -0.2) is 4.39 Å². The second-order valence-electron chi connectivity index (χ2n) is 4.61. The maximum atomic E-state index is 13.2. The lowest BCUT2D eigenvalue weighted by Crippen LogP contribution is -2.08. The topological polar surface area (TPSA) is 26.0 Å². The molecule has 0 fully saturated rings. The van der Waals surface area contributed by atoms with Crippen molar-refractivity contribution in [1.29, 1.82) is 0 Å². The van der Waals surface area contributed by atoms with Gasteiger partial charge in [-0.2, -0.15) is 13.2 Å². The molecule has 2 N–H and O–H groups in total. The van der Waals surface area contributed by atoms with E-state index in [2.05, 4.69) is 0 Å². The normalized spacial score (nSPS) is 13.3. The molecule has 0 heterocycles. The van der Waals surface area contributed by atoms with Crippen LogP contribution in [-0.4, -0.2) is 0 Å². The molecule has 0 saturated heterocycles. The highest BCUT2D eigenvalue weighted by Crippen LogP contribution is 2.34. The van der Waals surface area contributed by atoms with Gasteiger partial charge in [-0.1, -0.05) is 24.3 Å². The minimum atomic E-state index is -4.71. The van der Waals surface area contributed by atoms with Crippen molar-refractivity contribution >= 4 is 0 Å². The van der Waals surface area contributed by atoms with E-state index in [-0.39, 0.29) is 6.04 Å². The van der Waals surface area contributed by atoms with E-state index in [1.807, 2.05) is 0 Å². The summed E-state index contributed by atoms with van der Waals surface area (Å²) in [5, 5.41) is 0. The van der Waals surface area contributed by atoms with Crippen molar-refractivity contribution in [2.45, 2.75) is 19.1 Å². The van der Waals surface area contributed by atoms with Crippen LogP contribution in [-0.2, 0) is 6.18 Å². The molecule has 0 amide bonds. The molecule has 1 nitrogen and oxygen atoms in total. The number of hydrogen-bond donors (Lipinski definition) is 1. The van der Waals surface area contributed by atoms with Crippen molar-refractivity contribution in [3.8, 4) is 11.1 Å². The SMILES string of the molecule is CC(N)c1cccc(-c2ccc(F)c(C(F)(F)F)c2)c1. The molecule has 106 valence electrons. The van der Waals surface area contributed by atoms with Gasteiger partial charge in [0.05, 0.1) is 5.56 Å². The molecular weight excluding hydrogens is 270 g/mol. The van der Waals surface area contributed by atoms with E-state index in [4.69, 9.17) is 5.73 Å². The summed E-state index contributed by atoms with van der Waals surface area (Å²) in [6, 6.07) is 9.62. The van der Waals surface area contributed by atoms with Crippen molar-refractivity contribution in [2.24, 2.45) is 5.73 Å². The standard InChI is InChI=1S/C15H13F4N/c1-9(20)10-3-2-4-11(7-10)12-5-6-14(16)13(8-12)15(17,18)19/h2-9H,20H2,1H3. The fourth-order valence-electron chi connectivity index (χ4n) is 1.92. The maximum Gasteiger partial charge on any atom is 0.419 e. The van der Waals surface area contributed by atoms with Gasteiger partial charge in [0, 0.05) is 6.04 Å². The van der Waals surface area contributed by atoms with Crippen LogP contribution in [0, 0.1) is 5.82 Å². The second-order valence-corrected chi connectivity index (χ2v) is 4.61. The minimum Gasteiger partial charge on any atom is -0.324 e. The second kappa shape index (κ2) is 5.25. The third-order valence-corrected chi connectivity index (χ3v) is 3.02. The Kier molecular flexibility index (Phi) is 3.81. The molecule has 0 aromatic heterocycles.